The van der Waals surface area contributed by atoms with Gasteiger partial charge >= 0.3 is 0 Å². The number of benzene rings is 2. The molecule has 0 aromatic heterocycles. The fourth-order valence-corrected chi connectivity index (χ4v) is 4.22. The molecule has 0 heterocycles. The molecule has 0 aliphatic heterocycles. The Bertz CT molecular complexity index is 873. The van der Waals surface area contributed by atoms with Crippen molar-refractivity contribution in [2.75, 3.05) is 18.4 Å². The molecule has 2 aromatic rings. The summed E-state index contributed by atoms with van der Waals surface area (Å²) in [5.74, 6) is -0.999. The molecule has 1 N–H and O–H groups in total. The van der Waals surface area contributed by atoms with Crippen molar-refractivity contribution in [3.63, 3.8) is 0 Å². The van der Waals surface area contributed by atoms with Crippen LogP contribution in [0.3, 0.4) is 0 Å². The molecule has 0 saturated carbocycles. The number of nitrogens with zero attached hydrogens (tertiary/aromatic N) is 1. The number of amides is 1. The largest absolute Gasteiger partial charge is 0.325 e. The minimum absolute atomic E-state index is 0.0155. The van der Waals surface area contributed by atoms with E-state index in [0.29, 0.717) is 5.69 Å². The number of anilines is 1. The topological polar surface area (TPSA) is 66.5 Å². The summed E-state index contributed by atoms with van der Waals surface area (Å²) in [6.07, 6.45) is 0. The Labute approximate surface area is 155 Å². The van der Waals surface area contributed by atoms with Crippen LogP contribution in [0.25, 0.3) is 0 Å². The zero-order valence-corrected chi connectivity index (χ0v) is 15.5. The van der Waals surface area contributed by atoms with E-state index in [0.717, 1.165) is 4.31 Å². The number of halogens is 3. The third kappa shape index (κ3) is 4.92. The number of nitrogens with one attached hydrogen (secondary N) is 1. The van der Waals surface area contributed by atoms with Gasteiger partial charge in [0.2, 0.25) is 15.9 Å². The first-order chi connectivity index (χ1) is 11.7. The van der Waals surface area contributed by atoms with E-state index in [1.165, 1.54) is 42.5 Å². The number of carbonyl (C=O) groups excluding carboxylic acids is 1. The zero-order valence-electron chi connectivity index (χ0n) is 13.2. The molecule has 0 atom stereocenters. The molecule has 9 heteroatoms. The second-order valence-electron chi connectivity index (χ2n) is 5.06. The van der Waals surface area contributed by atoms with Gasteiger partial charge in [0.1, 0.15) is 10.7 Å². The maximum absolute atomic E-state index is 12.9. The van der Waals surface area contributed by atoms with Crippen LogP contribution in [0.2, 0.25) is 10.0 Å². The summed E-state index contributed by atoms with van der Waals surface area (Å²) in [5, 5.41) is 2.75. The molecule has 0 unspecified atom stereocenters. The third-order valence-electron chi connectivity index (χ3n) is 3.31. The van der Waals surface area contributed by atoms with E-state index in [4.69, 9.17) is 23.2 Å². The van der Waals surface area contributed by atoms with Crippen molar-refractivity contribution in [1.82, 2.24) is 4.31 Å². The molecule has 0 aliphatic carbocycles. The second-order valence-corrected chi connectivity index (χ2v) is 7.81. The number of sulfonamides is 1. The molecule has 2 rings (SSSR count). The number of hydrogen-bond acceptors (Lipinski definition) is 3. The Hall–Kier alpha value is -1.67. The van der Waals surface area contributed by atoms with Crippen LogP contribution in [0.4, 0.5) is 10.1 Å². The van der Waals surface area contributed by atoms with E-state index >= 15 is 0 Å². The minimum atomic E-state index is -4.00. The summed E-state index contributed by atoms with van der Waals surface area (Å²) in [5.41, 5.74) is 0.362. The Balaban J connectivity index is 2.19. The number of rotatable bonds is 6. The van der Waals surface area contributed by atoms with Gasteiger partial charge in [-0.1, -0.05) is 30.1 Å². The molecule has 0 fully saturated rings. The third-order valence-corrected chi connectivity index (χ3v) is 5.95. The molecule has 1 amide bonds. The molecular weight excluding hydrogens is 390 g/mol. The van der Waals surface area contributed by atoms with Crippen molar-refractivity contribution in [3.8, 4) is 0 Å². The summed E-state index contributed by atoms with van der Waals surface area (Å²) in [6.45, 7) is 1.24. The molecule has 0 radical (unpaired) electrons. The molecule has 0 bridgehead atoms. The molecule has 0 spiro atoms. The van der Waals surface area contributed by atoms with Gasteiger partial charge in [0.15, 0.2) is 0 Å². The Morgan fingerprint density at radius 3 is 2.40 bits per heavy atom. The van der Waals surface area contributed by atoms with Gasteiger partial charge in [-0.25, -0.2) is 12.8 Å². The fourth-order valence-electron chi connectivity index (χ4n) is 2.07. The Morgan fingerprint density at radius 2 is 1.80 bits per heavy atom. The first-order valence-corrected chi connectivity index (χ1v) is 9.44. The lowest BCUT2D eigenvalue weighted by Crippen LogP contribution is -2.38. The molecule has 0 saturated heterocycles. The highest BCUT2D eigenvalue weighted by atomic mass is 35.5. The van der Waals surface area contributed by atoms with Gasteiger partial charge in [-0.3, -0.25) is 4.79 Å². The molecule has 0 aliphatic rings. The first-order valence-electron chi connectivity index (χ1n) is 7.24. The van der Waals surface area contributed by atoms with Gasteiger partial charge in [0.05, 0.1) is 11.6 Å². The van der Waals surface area contributed by atoms with E-state index in [2.05, 4.69) is 5.32 Å². The molecular formula is C16H15Cl2FN2O3S. The summed E-state index contributed by atoms with van der Waals surface area (Å²) < 4.78 is 39.3. The quantitative estimate of drug-likeness (QED) is 0.796. The van der Waals surface area contributed by atoms with Gasteiger partial charge in [-0.05, 0) is 42.5 Å². The highest BCUT2D eigenvalue weighted by molar-refractivity contribution is 7.89. The average molecular weight is 405 g/mol. The summed E-state index contributed by atoms with van der Waals surface area (Å²) >= 11 is 11.8. The molecule has 5 nitrogen and oxygen atoms in total. The maximum atomic E-state index is 12.9. The second kappa shape index (κ2) is 8.14. The van der Waals surface area contributed by atoms with Crippen LogP contribution in [-0.4, -0.2) is 31.7 Å². The predicted molar refractivity (Wildman–Crippen MR) is 95.9 cm³/mol. The number of likely N-dealkylation sites (N-methyl/N-ethyl adjacent to an activating group) is 1. The van der Waals surface area contributed by atoms with Crippen molar-refractivity contribution >= 4 is 44.8 Å². The van der Waals surface area contributed by atoms with Crippen LogP contribution in [0.1, 0.15) is 6.92 Å². The van der Waals surface area contributed by atoms with Crippen LogP contribution < -0.4 is 5.32 Å². The lowest BCUT2D eigenvalue weighted by atomic mass is 10.3. The highest BCUT2D eigenvalue weighted by Crippen LogP contribution is 2.27. The lowest BCUT2D eigenvalue weighted by molar-refractivity contribution is -0.116. The van der Waals surface area contributed by atoms with E-state index in [1.54, 1.807) is 6.92 Å². The number of hydrogen-bond donors (Lipinski definition) is 1. The summed E-state index contributed by atoms with van der Waals surface area (Å²) in [7, 11) is -4.00. The fraction of sp³-hybridized carbons (Fsp3) is 0.188. The van der Waals surface area contributed by atoms with Crippen LogP contribution in [0.5, 0.6) is 0 Å². The SMILES string of the molecule is CCN(CC(=O)Nc1ccc(F)cc1)S(=O)(=O)c1cc(Cl)ccc1Cl. The highest BCUT2D eigenvalue weighted by Gasteiger charge is 2.27. The normalized spacial score (nSPS) is 11.6. The maximum Gasteiger partial charge on any atom is 0.245 e. The van der Waals surface area contributed by atoms with Crippen molar-refractivity contribution in [3.05, 3.63) is 58.3 Å². The van der Waals surface area contributed by atoms with Gasteiger partial charge in [0.25, 0.3) is 0 Å². The minimum Gasteiger partial charge on any atom is -0.325 e. The monoisotopic (exact) mass is 404 g/mol. The Kier molecular flexibility index (Phi) is 6.40. The molecule has 25 heavy (non-hydrogen) atoms. The van der Waals surface area contributed by atoms with Crippen LogP contribution in [0.15, 0.2) is 47.4 Å². The van der Waals surface area contributed by atoms with Gasteiger partial charge < -0.3 is 5.32 Å². The molecule has 2 aromatic carbocycles. The molecule has 134 valence electrons. The van der Waals surface area contributed by atoms with E-state index in [1.807, 2.05) is 0 Å². The van der Waals surface area contributed by atoms with Crippen molar-refractivity contribution < 1.29 is 17.6 Å². The van der Waals surface area contributed by atoms with Crippen molar-refractivity contribution in [1.29, 1.82) is 0 Å². The van der Waals surface area contributed by atoms with Gasteiger partial charge in [-0.2, -0.15) is 4.31 Å². The van der Waals surface area contributed by atoms with E-state index in [9.17, 15) is 17.6 Å². The van der Waals surface area contributed by atoms with Gasteiger partial charge in [-0.15, -0.1) is 0 Å². The first kappa shape index (κ1) is 19.7. The smallest absolute Gasteiger partial charge is 0.245 e. The predicted octanol–water partition coefficient (Wildman–Crippen LogP) is 3.78. The van der Waals surface area contributed by atoms with Crippen LogP contribution in [-0.2, 0) is 14.8 Å². The number of carbonyl (C=O) groups is 1. The van der Waals surface area contributed by atoms with Crippen LogP contribution in [0, 0.1) is 5.82 Å². The summed E-state index contributed by atoms with van der Waals surface area (Å²) in [6, 6.07) is 9.23. The van der Waals surface area contributed by atoms with Crippen molar-refractivity contribution in [2.45, 2.75) is 11.8 Å². The van der Waals surface area contributed by atoms with Gasteiger partial charge in [0, 0.05) is 17.3 Å². The van der Waals surface area contributed by atoms with Crippen molar-refractivity contribution in [2.24, 2.45) is 0 Å². The van der Waals surface area contributed by atoms with Crippen LogP contribution >= 0.6 is 23.2 Å². The van der Waals surface area contributed by atoms with E-state index in [-0.39, 0.29) is 21.5 Å². The zero-order chi connectivity index (χ0) is 18.6. The summed E-state index contributed by atoms with van der Waals surface area (Å²) in [4.78, 5) is 12.0. The van der Waals surface area contributed by atoms with E-state index < -0.39 is 28.3 Å². The lowest BCUT2D eigenvalue weighted by Gasteiger charge is -2.20. The average Bonchev–Trinajstić information content (AvgIpc) is 2.56. The Morgan fingerprint density at radius 1 is 1.16 bits per heavy atom. The standard InChI is InChI=1S/C16H15Cl2FN2O3S/c1-2-21(10-16(22)20-13-6-4-12(19)5-7-13)25(23,24)15-9-11(17)3-8-14(15)18/h3-9H,2,10H2,1H3,(H,20,22).